The highest BCUT2D eigenvalue weighted by Crippen LogP contribution is 2.36. The molecular formula is C34H23N7. The Morgan fingerprint density at radius 1 is 0.463 bits per heavy atom. The molecule has 7 heteroatoms. The maximum absolute atomic E-state index is 5.06. The molecule has 0 fully saturated rings. The SMILES string of the molecule is C=C1N=c2[nH]c(c3ccccc23)=NC2=NC(=Nc3[nH]c(c4ccccc34)N=C(C)c3ccccc31)c1ccccc12. The second-order valence-corrected chi connectivity index (χ2v) is 10.1. The molecule has 0 saturated carbocycles. The number of rotatable bonds is 0. The molecular weight excluding hydrogens is 506 g/mol. The minimum Gasteiger partial charge on any atom is -0.324 e. The van der Waals surface area contributed by atoms with Gasteiger partial charge in [0, 0.05) is 49.5 Å². The number of aromatic amines is 2. The molecule has 0 aliphatic carbocycles. The van der Waals surface area contributed by atoms with Crippen molar-refractivity contribution in [1.82, 2.24) is 9.97 Å². The van der Waals surface area contributed by atoms with E-state index in [1.54, 1.807) is 0 Å². The van der Waals surface area contributed by atoms with Crippen LogP contribution in [0.15, 0.2) is 129 Å². The number of aromatic nitrogens is 2. The van der Waals surface area contributed by atoms with Crippen molar-refractivity contribution in [2.75, 3.05) is 0 Å². The van der Waals surface area contributed by atoms with Gasteiger partial charge in [0.1, 0.15) is 22.6 Å². The van der Waals surface area contributed by atoms with E-state index in [1.165, 1.54) is 0 Å². The summed E-state index contributed by atoms with van der Waals surface area (Å²) in [7, 11) is 0. The first-order valence-corrected chi connectivity index (χ1v) is 13.4. The number of amidine groups is 2. The molecule has 0 spiro atoms. The third-order valence-electron chi connectivity index (χ3n) is 7.56. The fourth-order valence-electron chi connectivity index (χ4n) is 5.59. The third-order valence-corrected chi connectivity index (χ3v) is 7.56. The van der Waals surface area contributed by atoms with Crippen molar-refractivity contribution in [2.45, 2.75) is 6.92 Å². The minimum atomic E-state index is 0.594. The summed E-state index contributed by atoms with van der Waals surface area (Å²) in [5, 5.41) is 3.87. The quantitative estimate of drug-likeness (QED) is 0.223. The van der Waals surface area contributed by atoms with Gasteiger partial charge in [-0.25, -0.2) is 25.0 Å². The largest absolute Gasteiger partial charge is 0.324 e. The van der Waals surface area contributed by atoms with Gasteiger partial charge in [0.15, 0.2) is 11.7 Å². The van der Waals surface area contributed by atoms with Crippen LogP contribution in [0, 0.1) is 0 Å². The Bertz CT molecular complexity index is 2290. The molecule has 0 unspecified atom stereocenters. The van der Waals surface area contributed by atoms with E-state index < -0.39 is 0 Å². The van der Waals surface area contributed by atoms with Gasteiger partial charge >= 0.3 is 0 Å². The number of fused-ring (bicyclic) bond motifs is 15. The molecule has 6 aromatic rings. The van der Waals surface area contributed by atoms with Gasteiger partial charge in [-0.3, -0.25) is 0 Å². The highest BCUT2D eigenvalue weighted by Gasteiger charge is 2.22. The standard InChI is InChI=1S/C34H23N7/c1-19-21-11-3-4-12-22(21)20(2)36-30-24-14-6-8-16-26(24)32(38-30)40-34-28-18-10-9-17-27(28)33(41-34)39-31-25-15-7-5-13-23(25)29(35-19)37-31/h3-18,38H,1H2,2H3,(H,35,37,39,40,41). The molecule has 0 saturated heterocycles. The van der Waals surface area contributed by atoms with Crippen molar-refractivity contribution in [1.29, 1.82) is 0 Å². The van der Waals surface area contributed by atoms with Gasteiger partial charge in [0.25, 0.3) is 0 Å². The summed E-state index contributed by atoms with van der Waals surface area (Å²) in [5.41, 5.74) is 6.56. The van der Waals surface area contributed by atoms with Crippen LogP contribution in [0.5, 0.6) is 0 Å². The number of hydrogen-bond donors (Lipinski definition) is 2. The zero-order valence-corrected chi connectivity index (χ0v) is 22.2. The summed E-state index contributed by atoms with van der Waals surface area (Å²) in [6.07, 6.45) is 0. The monoisotopic (exact) mass is 529 g/mol. The van der Waals surface area contributed by atoms with Crippen LogP contribution in [0.2, 0.25) is 0 Å². The predicted molar refractivity (Wildman–Crippen MR) is 165 cm³/mol. The Morgan fingerprint density at radius 3 is 1.61 bits per heavy atom. The lowest BCUT2D eigenvalue weighted by Crippen LogP contribution is -2.13. The van der Waals surface area contributed by atoms with Crippen LogP contribution in [-0.4, -0.2) is 27.4 Å². The fraction of sp³-hybridized carbons (Fsp3) is 0.0294. The molecule has 2 aromatic heterocycles. The van der Waals surface area contributed by atoms with Crippen LogP contribution in [0.25, 0.3) is 27.2 Å². The second kappa shape index (κ2) is 8.93. The van der Waals surface area contributed by atoms with Gasteiger partial charge in [0.05, 0.1) is 5.70 Å². The van der Waals surface area contributed by atoms with Crippen LogP contribution in [0.4, 0.5) is 11.6 Å². The van der Waals surface area contributed by atoms with Crippen LogP contribution in [-0.2, 0) is 0 Å². The van der Waals surface area contributed by atoms with Gasteiger partial charge in [-0.15, -0.1) is 0 Å². The zero-order chi connectivity index (χ0) is 27.5. The van der Waals surface area contributed by atoms with Crippen LogP contribution in [0.3, 0.4) is 0 Å². The van der Waals surface area contributed by atoms with Gasteiger partial charge in [-0.05, 0) is 6.92 Å². The number of nitrogens with one attached hydrogen (secondary N) is 2. The molecule has 0 atom stereocenters. The van der Waals surface area contributed by atoms with Gasteiger partial charge < -0.3 is 9.97 Å². The number of benzene rings is 4. The smallest absolute Gasteiger partial charge is 0.164 e. The molecule has 4 aromatic carbocycles. The molecule has 8 rings (SSSR count). The molecule has 194 valence electrons. The van der Waals surface area contributed by atoms with Crippen LogP contribution >= 0.6 is 0 Å². The Balaban J connectivity index is 1.49. The predicted octanol–water partition coefficient (Wildman–Crippen LogP) is 6.55. The van der Waals surface area contributed by atoms with Gasteiger partial charge in [0.2, 0.25) is 0 Å². The van der Waals surface area contributed by atoms with Crippen molar-refractivity contribution >= 4 is 56.3 Å². The van der Waals surface area contributed by atoms with E-state index in [-0.39, 0.29) is 0 Å². The number of aliphatic imine (C=N–C) groups is 3. The molecule has 2 aliphatic rings. The maximum atomic E-state index is 5.06. The summed E-state index contributed by atoms with van der Waals surface area (Å²) in [6.45, 7) is 6.36. The fourth-order valence-corrected chi connectivity index (χ4v) is 5.59. The number of hydrogen-bond acceptors (Lipinski definition) is 5. The topological polar surface area (TPSA) is 93.4 Å². The van der Waals surface area contributed by atoms with Crippen LogP contribution in [0.1, 0.15) is 29.2 Å². The lowest BCUT2D eigenvalue weighted by molar-refractivity contribution is 1.14. The first-order chi connectivity index (χ1) is 20.1. The van der Waals surface area contributed by atoms with E-state index in [0.717, 1.165) is 55.3 Å². The lowest BCUT2D eigenvalue weighted by Gasteiger charge is -2.09. The molecule has 6 bridgehead atoms. The normalized spacial score (nSPS) is 14.4. The Hall–Kier alpha value is -5.69. The molecule has 2 N–H and O–H groups in total. The molecule has 7 nitrogen and oxygen atoms in total. The van der Waals surface area contributed by atoms with E-state index in [9.17, 15) is 0 Å². The van der Waals surface area contributed by atoms with Crippen molar-refractivity contribution in [3.8, 4) is 0 Å². The van der Waals surface area contributed by atoms with E-state index in [1.807, 2.05) is 91.9 Å². The molecule has 41 heavy (non-hydrogen) atoms. The minimum absolute atomic E-state index is 0.594. The van der Waals surface area contributed by atoms with Crippen molar-refractivity contribution < 1.29 is 0 Å². The Labute approximate surface area is 234 Å². The summed E-state index contributed by atoms with van der Waals surface area (Å²) in [6, 6.07) is 32.3. The average Bonchev–Trinajstić information content (AvgIpc) is 3.65. The lowest BCUT2D eigenvalue weighted by atomic mass is 10.0. The number of H-pyrrole nitrogens is 2. The van der Waals surface area contributed by atoms with Crippen LogP contribution < -0.4 is 11.0 Å². The highest BCUT2D eigenvalue weighted by molar-refractivity contribution is 6.23. The summed E-state index contributed by atoms with van der Waals surface area (Å²) in [5.74, 6) is 2.63. The second-order valence-electron chi connectivity index (χ2n) is 10.1. The first-order valence-electron chi connectivity index (χ1n) is 13.4. The maximum Gasteiger partial charge on any atom is 0.164 e. The highest BCUT2D eigenvalue weighted by atomic mass is 15.1. The summed E-state index contributed by atoms with van der Waals surface area (Å²) in [4.78, 5) is 31.9. The zero-order valence-electron chi connectivity index (χ0n) is 22.2. The van der Waals surface area contributed by atoms with Gasteiger partial charge in [-0.1, -0.05) is 104 Å². The van der Waals surface area contributed by atoms with Gasteiger partial charge in [-0.2, -0.15) is 0 Å². The summed E-state index contributed by atoms with van der Waals surface area (Å²) >= 11 is 0. The average molecular weight is 530 g/mol. The van der Waals surface area contributed by atoms with E-state index in [0.29, 0.717) is 34.2 Å². The van der Waals surface area contributed by atoms with E-state index in [2.05, 4.69) is 28.7 Å². The Kier molecular flexibility index (Phi) is 5.05. The first kappa shape index (κ1) is 23.2. The Morgan fingerprint density at radius 2 is 0.951 bits per heavy atom. The summed E-state index contributed by atoms with van der Waals surface area (Å²) < 4.78 is 0. The van der Waals surface area contributed by atoms with E-state index in [4.69, 9.17) is 25.0 Å². The molecule has 2 aliphatic heterocycles. The molecule has 0 amide bonds. The third kappa shape index (κ3) is 3.71. The van der Waals surface area contributed by atoms with Crippen molar-refractivity contribution in [3.63, 3.8) is 0 Å². The molecule has 4 heterocycles. The van der Waals surface area contributed by atoms with Crippen molar-refractivity contribution in [2.24, 2.45) is 25.0 Å². The number of nitrogens with zero attached hydrogens (tertiary/aromatic N) is 5. The van der Waals surface area contributed by atoms with Crippen molar-refractivity contribution in [3.05, 3.63) is 137 Å². The molecule has 0 radical (unpaired) electrons. The van der Waals surface area contributed by atoms with E-state index >= 15 is 0 Å².